The molecule has 0 saturated heterocycles. The van der Waals surface area contributed by atoms with E-state index in [-0.39, 0.29) is 16.8 Å². The third-order valence-corrected chi connectivity index (χ3v) is 4.93. The van der Waals surface area contributed by atoms with Gasteiger partial charge in [0, 0.05) is 22.3 Å². The van der Waals surface area contributed by atoms with Gasteiger partial charge < -0.3 is 5.32 Å². The number of hydrogen-bond donors (Lipinski definition) is 1. The molecule has 0 heterocycles. The monoisotopic (exact) mass is 317 g/mol. The maximum Gasteiger partial charge on any atom is 0.261 e. The summed E-state index contributed by atoms with van der Waals surface area (Å²) >= 11 is 0. The van der Waals surface area contributed by atoms with Crippen LogP contribution in [0.15, 0.2) is 23.1 Å². The smallest absolute Gasteiger partial charge is 0.261 e. The standard InChI is InChI=1S/C14H20ClNO3S/c1-5-9(2)11(4)16-14(17)13-7-6-12(8-10(13)3)20(15,18)19/h6-9,11H,5H2,1-4H3,(H,16,17). The molecule has 0 saturated carbocycles. The molecule has 0 aliphatic rings. The van der Waals surface area contributed by atoms with Gasteiger partial charge in [-0.05, 0) is 43.5 Å². The Morgan fingerprint density at radius 2 is 1.95 bits per heavy atom. The molecule has 0 aromatic heterocycles. The van der Waals surface area contributed by atoms with Crippen LogP contribution in [0, 0.1) is 12.8 Å². The maximum atomic E-state index is 12.2. The molecular formula is C14H20ClNO3S. The highest BCUT2D eigenvalue weighted by Gasteiger charge is 2.18. The van der Waals surface area contributed by atoms with Crippen LogP contribution in [-0.4, -0.2) is 20.4 Å². The zero-order valence-electron chi connectivity index (χ0n) is 12.1. The van der Waals surface area contributed by atoms with Crippen LogP contribution in [0.3, 0.4) is 0 Å². The van der Waals surface area contributed by atoms with Crippen LogP contribution in [0.1, 0.15) is 43.1 Å². The van der Waals surface area contributed by atoms with Gasteiger partial charge in [0.15, 0.2) is 0 Å². The molecule has 0 aliphatic carbocycles. The van der Waals surface area contributed by atoms with E-state index in [0.717, 1.165) is 6.42 Å². The van der Waals surface area contributed by atoms with Crippen molar-refractivity contribution in [1.82, 2.24) is 5.32 Å². The molecule has 4 nitrogen and oxygen atoms in total. The first-order valence-electron chi connectivity index (χ1n) is 6.53. The van der Waals surface area contributed by atoms with E-state index in [1.165, 1.54) is 18.2 Å². The topological polar surface area (TPSA) is 63.2 Å². The maximum absolute atomic E-state index is 12.2. The van der Waals surface area contributed by atoms with E-state index in [4.69, 9.17) is 10.7 Å². The molecule has 2 atom stereocenters. The minimum Gasteiger partial charge on any atom is -0.349 e. The first kappa shape index (κ1) is 17.0. The van der Waals surface area contributed by atoms with Crippen molar-refractivity contribution in [3.63, 3.8) is 0 Å². The molecule has 20 heavy (non-hydrogen) atoms. The van der Waals surface area contributed by atoms with Crippen LogP contribution in [-0.2, 0) is 9.05 Å². The Labute approximate surface area is 124 Å². The fraction of sp³-hybridized carbons (Fsp3) is 0.500. The Kier molecular flexibility index (Phi) is 5.59. The highest BCUT2D eigenvalue weighted by atomic mass is 35.7. The van der Waals surface area contributed by atoms with Gasteiger partial charge in [0.05, 0.1) is 4.90 Å². The lowest BCUT2D eigenvalue weighted by Gasteiger charge is -2.20. The number of rotatable bonds is 5. The molecule has 2 unspecified atom stereocenters. The van der Waals surface area contributed by atoms with Crippen molar-refractivity contribution in [2.45, 2.75) is 45.1 Å². The van der Waals surface area contributed by atoms with Gasteiger partial charge in [-0.25, -0.2) is 8.42 Å². The second-order valence-electron chi connectivity index (χ2n) is 5.06. The SMILES string of the molecule is CCC(C)C(C)NC(=O)c1ccc(S(=O)(=O)Cl)cc1C. The highest BCUT2D eigenvalue weighted by molar-refractivity contribution is 8.13. The largest absolute Gasteiger partial charge is 0.349 e. The Morgan fingerprint density at radius 3 is 2.40 bits per heavy atom. The predicted molar refractivity (Wildman–Crippen MR) is 80.6 cm³/mol. The summed E-state index contributed by atoms with van der Waals surface area (Å²) in [5.74, 6) is 0.176. The fourth-order valence-electron chi connectivity index (χ4n) is 1.82. The predicted octanol–water partition coefficient (Wildman–Crippen LogP) is 3.09. The van der Waals surface area contributed by atoms with Crippen molar-refractivity contribution in [2.75, 3.05) is 0 Å². The van der Waals surface area contributed by atoms with Crippen LogP contribution in [0.25, 0.3) is 0 Å². The zero-order valence-corrected chi connectivity index (χ0v) is 13.7. The zero-order chi connectivity index (χ0) is 15.5. The fourth-order valence-corrected chi connectivity index (χ4v) is 2.66. The summed E-state index contributed by atoms with van der Waals surface area (Å²) in [6.45, 7) is 7.78. The first-order valence-corrected chi connectivity index (χ1v) is 8.84. The van der Waals surface area contributed by atoms with Crippen LogP contribution >= 0.6 is 10.7 Å². The second kappa shape index (κ2) is 6.59. The highest BCUT2D eigenvalue weighted by Crippen LogP contribution is 2.19. The van der Waals surface area contributed by atoms with Crippen LogP contribution < -0.4 is 5.32 Å². The molecule has 0 bridgehead atoms. The summed E-state index contributed by atoms with van der Waals surface area (Å²) in [6, 6.07) is 4.30. The summed E-state index contributed by atoms with van der Waals surface area (Å²) < 4.78 is 22.5. The van der Waals surface area contributed by atoms with Crippen LogP contribution in [0.5, 0.6) is 0 Å². The number of carbonyl (C=O) groups excluding carboxylic acids is 1. The van der Waals surface area contributed by atoms with Crippen molar-refractivity contribution in [3.8, 4) is 0 Å². The molecule has 1 aromatic rings. The molecule has 1 N–H and O–H groups in total. The molecule has 0 spiro atoms. The quantitative estimate of drug-likeness (QED) is 0.849. The van der Waals surface area contributed by atoms with Crippen LogP contribution in [0.4, 0.5) is 0 Å². The minimum absolute atomic E-state index is 0.00295. The van der Waals surface area contributed by atoms with Crippen molar-refractivity contribution in [3.05, 3.63) is 29.3 Å². The van der Waals surface area contributed by atoms with Gasteiger partial charge in [0.25, 0.3) is 15.0 Å². The summed E-state index contributed by atoms with van der Waals surface area (Å²) in [4.78, 5) is 12.2. The number of hydrogen-bond acceptors (Lipinski definition) is 3. The lowest BCUT2D eigenvalue weighted by atomic mass is 10.00. The summed E-state index contributed by atoms with van der Waals surface area (Å²) in [6.07, 6.45) is 0.976. The summed E-state index contributed by atoms with van der Waals surface area (Å²) in [7, 11) is 1.51. The lowest BCUT2D eigenvalue weighted by Crippen LogP contribution is -2.37. The first-order chi connectivity index (χ1) is 9.16. The minimum atomic E-state index is -3.77. The molecule has 0 aliphatic heterocycles. The summed E-state index contributed by atoms with van der Waals surface area (Å²) in [5, 5.41) is 2.92. The van der Waals surface area contributed by atoms with Crippen LogP contribution in [0.2, 0.25) is 0 Å². The molecule has 1 rings (SSSR count). The average molecular weight is 318 g/mol. The lowest BCUT2D eigenvalue weighted by molar-refractivity contribution is 0.0927. The number of nitrogens with one attached hydrogen (secondary N) is 1. The van der Waals surface area contributed by atoms with Gasteiger partial charge in [0.2, 0.25) is 0 Å². The number of benzene rings is 1. The molecule has 0 fully saturated rings. The molecule has 1 amide bonds. The third-order valence-electron chi connectivity index (χ3n) is 3.58. The van der Waals surface area contributed by atoms with Gasteiger partial charge >= 0.3 is 0 Å². The Balaban J connectivity index is 2.96. The van der Waals surface area contributed by atoms with E-state index in [1.54, 1.807) is 6.92 Å². The van der Waals surface area contributed by atoms with Crippen molar-refractivity contribution >= 4 is 25.6 Å². The Morgan fingerprint density at radius 1 is 1.35 bits per heavy atom. The normalized spacial score (nSPS) is 14.7. The van der Waals surface area contributed by atoms with E-state index in [0.29, 0.717) is 17.0 Å². The van der Waals surface area contributed by atoms with Crippen molar-refractivity contribution in [2.24, 2.45) is 5.92 Å². The van der Waals surface area contributed by atoms with Gasteiger partial charge in [0.1, 0.15) is 0 Å². The number of halogens is 1. The van der Waals surface area contributed by atoms with Gasteiger partial charge in [-0.2, -0.15) is 0 Å². The molecule has 6 heteroatoms. The van der Waals surface area contributed by atoms with Gasteiger partial charge in [-0.3, -0.25) is 4.79 Å². The summed E-state index contributed by atoms with van der Waals surface area (Å²) in [5.41, 5.74) is 1.05. The molecule has 112 valence electrons. The molecule has 0 radical (unpaired) electrons. The molecule has 1 aromatic carbocycles. The number of carbonyl (C=O) groups is 1. The van der Waals surface area contributed by atoms with E-state index in [1.807, 2.05) is 6.92 Å². The van der Waals surface area contributed by atoms with Crippen molar-refractivity contribution in [1.29, 1.82) is 0 Å². The third kappa shape index (κ3) is 4.21. The van der Waals surface area contributed by atoms with E-state index < -0.39 is 9.05 Å². The van der Waals surface area contributed by atoms with Gasteiger partial charge in [-0.1, -0.05) is 20.3 Å². The molecular weight excluding hydrogens is 298 g/mol. The number of amides is 1. The average Bonchev–Trinajstić information content (AvgIpc) is 2.36. The van der Waals surface area contributed by atoms with Gasteiger partial charge in [-0.15, -0.1) is 0 Å². The number of aryl methyl sites for hydroxylation is 1. The Bertz CT molecular complexity index is 598. The van der Waals surface area contributed by atoms with Crippen molar-refractivity contribution < 1.29 is 13.2 Å². The van der Waals surface area contributed by atoms with E-state index in [2.05, 4.69) is 19.2 Å². The Hall–Kier alpha value is -1.07. The van der Waals surface area contributed by atoms with E-state index in [9.17, 15) is 13.2 Å². The van der Waals surface area contributed by atoms with E-state index >= 15 is 0 Å². The second-order valence-corrected chi connectivity index (χ2v) is 7.63.